The molecule has 0 aromatic heterocycles. The van der Waals surface area contributed by atoms with Crippen LogP contribution in [0.3, 0.4) is 0 Å². The zero-order valence-corrected chi connectivity index (χ0v) is 16.8. The van der Waals surface area contributed by atoms with Crippen LogP contribution in [0.5, 0.6) is 5.75 Å². The SMILES string of the molecule is CN=C(NCc1cccc(OC(F)F)c1)NCc1ccc(F)c(C)c1.I. The van der Waals surface area contributed by atoms with Crippen molar-refractivity contribution >= 4 is 29.9 Å². The van der Waals surface area contributed by atoms with Crippen LogP contribution in [0.1, 0.15) is 16.7 Å². The number of ether oxygens (including phenoxy) is 1. The molecule has 0 spiro atoms. The van der Waals surface area contributed by atoms with Crippen LogP contribution in [0.4, 0.5) is 13.2 Å². The largest absolute Gasteiger partial charge is 0.435 e. The normalized spacial score (nSPS) is 11.1. The van der Waals surface area contributed by atoms with E-state index in [9.17, 15) is 13.2 Å². The number of guanidine groups is 1. The molecule has 0 saturated carbocycles. The molecule has 2 aromatic carbocycles. The Morgan fingerprint density at radius 1 is 1.08 bits per heavy atom. The fraction of sp³-hybridized carbons (Fsp3) is 0.278. The van der Waals surface area contributed by atoms with Gasteiger partial charge in [-0.3, -0.25) is 4.99 Å². The monoisotopic (exact) mass is 479 g/mol. The standard InChI is InChI=1S/C18H20F3N3O.HI/c1-12-8-14(6-7-16(12)19)11-24-18(22-2)23-10-13-4-3-5-15(9-13)25-17(20)21;/h3-9,17H,10-11H2,1-2H3,(H2,22,23,24);1H. The van der Waals surface area contributed by atoms with Gasteiger partial charge < -0.3 is 15.4 Å². The van der Waals surface area contributed by atoms with Gasteiger partial charge in [-0.05, 0) is 41.8 Å². The highest BCUT2D eigenvalue weighted by atomic mass is 127. The van der Waals surface area contributed by atoms with E-state index in [0.29, 0.717) is 24.6 Å². The quantitative estimate of drug-likeness (QED) is 0.371. The molecule has 0 unspecified atom stereocenters. The van der Waals surface area contributed by atoms with E-state index in [1.165, 1.54) is 18.2 Å². The van der Waals surface area contributed by atoms with Crippen molar-refractivity contribution in [1.29, 1.82) is 0 Å². The summed E-state index contributed by atoms with van der Waals surface area (Å²) in [7, 11) is 1.63. The molecule has 0 radical (unpaired) electrons. The van der Waals surface area contributed by atoms with E-state index >= 15 is 0 Å². The Bertz CT molecular complexity index is 741. The number of hydrogen-bond acceptors (Lipinski definition) is 2. The molecule has 0 aliphatic heterocycles. The third-order valence-corrected chi connectivity index (χ3v) is 3.49. The van der Waals surface area contributed by atoms with Crippen molar-refractivity contribution in [3.05, 3.63) is 65.0 Å². The van der Waals surface area contributed by atoms with Crippen LogP contribution in [-0.4, -0.2) is 19.6 Å². The maximum Gasteiger partial charge on any atom is 0.387 e. The Balaban J connectivity index is 0.00000338. The molecule has 0 aliphatic rings. The van der Waals surface area contributed by atoms with Gasteiger partial charge in [0.25, 0.3) is 0 Å². The molecule has 0 heterocycles. The van der Waals surface area contributed by atoms with Crippen molar-refractivity contribution in [2.24, 2.45) is 4.99 Å². The van der Waals surface area contributed by atoms with Gasteiger partial charge in [-0.25, -0.2) is 4.39 Å². The summed E-state index contributed by atoms with van der Waals surface area (Å²) in [6.07, 6.45) is 0. The summed E-state index contributed by atoms with van der Waals surface area (Å²) in [6, 6.07) is 11.3. The van der Waals surface area contributed by atoms with Crippen LogP contribution in [0.2, 0.25) is 0 Å². The number of halogens is 4. The van der Waals surface area contributed by atoms with Crippen LogP contribution >= 0.6 is 24.0 Å². The van der Waals surface area contributed by atoms with Gasteiger partial charge >= 0.3 is 6.61 Å². The summed E-state index contributed by atoms with van der Waals surface area (Å²) in [6.45, 7) is -0.269. The third-order valence-electron chi connectivity index (χ3n) is 3.49. The average Bonchev–Trinajstić information content (AvgIpc) is 2.58. The van der Waals surface area contributed by atoms with Gasteiger partial charge in [-0.2, -0.15) is 8.78 Å². The van der Waals surface area contributed by atoms with Crippen LogP contribution < -0.4 is 15.4 Å². The van der Waals surface area contributed by atoms with E-state index in [1.807, 2.05) is 0 Å². The molecule has 0 bridgehead atoms. The number of rotatable bonds is 6. The first-order valence-electron chi connectivity index (χ1n) is 7.71. The van der Waals surface area contributed by atoms with Gasteiger partial charge in [-0.15, -0.1) is 24.0 Å². The summed E-state index contributed by atoms with van der Waals surface area (Å²) < 4.78 is 42.1. The van der Waals surface area contributed by atoms with Crippen LogP contribution in [0, 0.1) is 12.7 Å². The summed E-state index contributed by atoms with van der Waals surface area (Å²) in [4.78, 5) is 4.10. The lowest BCUT2D eigenvalue weighted by molar-refractivity contribution is -0.0498. The number of nitrogens with one attached hydrogen (secondary N) is 2. The Kier molecular flexibility index (Phi) is 9.25. The zero-order valence-electron chi connectivity index (χ0n) is 14.4. The second-order valence-electron chi connectivity index (χ2n) is 5.39. The van der Waals surface area contributed by atoms with Gasteiger partial charge in [0.2, 0.25) is 0 Å². The number of hydrogen-bond donors (Lipinski definition) is 2. The Morgan fingerprint density at radius 3 is 2.31 bits per heavy atom. The van der Waals surface area contributed by atoms with Gasteiger partial charge in [0.15, 0.2) is 5.96 Å². The maximum atomic E-state index is 13.3. The first-order valence-corrected chi connectivity index (χ1v) is 7.71. The fourth-order valence-corrected chi connectivity index (χ4v) is 2.24. The van der Waals surface area contributed by atoms with Crippen molar-refractivity contribution < 1.29 is 17.9 Å². The maximum absolute atomic E-state index is 13.3. The molecule has 26 heavy (non-hydrogen) atoms. The summed E-state index contributed by atoms with van der Waals surface area (Å²) in [5, 5.41) is 6.20. The molecule has 0 saturated heterocycles. The number of aliphatic imine (C=N–C) groups is 1. The van der Waals surface area contributed by atoms with Crippen molar-refractivity contribution in [3.63, 3.8) is 0 Å². The Morgan fingerprint density at radius 2 is 1.73 bits per heavy atom. The van der Waals surface area contributed by atoms with Gasteiger partial charge in [0.05, 0.1) is 0 Å². The topological polar surface area (TPSA) is 45.7 Å². The first-order chi connectivity index (χ1) is 12.0. The van der Waals surface area contributed by atoms with Crippen molar-refractivity contribution in [2.75, 3.05) is 7.05 Å². The predicted octanol–water partition coefficient (Wildman–Crippen LogP) is 4.22. The van der Waals surface area contributed by atoms with E-state index in [1.54, 1.807) is 38.2 Å². The lowest BCUT2D eigenvalue weighted by atomic mass is 10.1. The summed E-state index contributed by atoms with van der Waals surface area (Å²) in [5.41, 5.74) is 2.28. The second-order valence-corrected chi connectivity index (χ2v) is 5.39. The molecule has 142 valence electrons. The van der Waals surface area contributed by atoms with Crippen LogP contribution in [-0.2, 0) is 13.1 Å². The minimum absolute atomic E-state index is 0. The molecule has 2 aromatic rings. The van der Waals surface area contributed by atoms with E-state index in [4.69, 9.17) is 0 Å². The molecule has 4 nitrogen and oxygen atoms in total. The molecule has 0 aliphatic carbocycles. The minimum Gasteiger partial charge on any atom is -0.435 e. The van der Waals surface area contributed by atoms with E-state index in [2.05, 4.69) is 20.4 Å². The lowest BCUT2D eigenvalue weighted by Gasteiger charge is -2.13. The summed E-state index contributed by atoms with van der Waals surface area (Å²) >= 11 is 0. The molecule has 0 fully saturated rings. The number of alkyl halides is 2. The Hall–Kier alpha value is -1.97. The van der Waals surface area contributed by atoms with E-state index in [-0.39, 0.29) is 35.5 Å². The second kappa shape index (κ2) is 10.9. The molecule has 2 rings (SSSR count). The third kappa shape index (κ3) is 7.11. The van der Waals surface area contributed by atoms with Gasteiger partial charge in [0, 0.05) is 20.1 Å². The fourth-order valence-electron chi connectivity index (χ4n) is 2.24. The average molecular weight is 479 g/mol. The molecular formula is C18H21F3IN3O. The number of benzene rings is 2. The number of aryl methyl sites for hydroxylation is 1. The van der Waals surface area contributed by atoms with Crippen LogP contribution in [0.15, 0.2) is 47.5 Å². The van der Waals surface area contributed by atoms with Gasteiger partial charge in [0.1, 0.15) is 11.6 Å². The minimum atomic E-state index is -2.85. The molecule has 0 amide bonds. The zero-order chi connectivity index (χ0) is 18.2. The highest BCUT2D eigenvalue weighted by Gasteiger charge is 2.05. The van der Waals surface area contributed by atoms with Gasteiger partial charge in [-0.1, -0.05) is 24.3 Å². The van der Waals surface area contributed by atoms with E-state index < -0.39 is 6.61 Å². The van der Waals surface area contributed by atoms with Crippen molar-refractivity contribution in [2.45, 2.75) is 26.6 Å². The summed E-state index contributed by atoms with van der Waals surface area (Å²) in [5.74, 6) is 0.415. The number of nitrogens with zero attached hydrogens (tertiary/aromatic N) is 1. The highest BCUT2D eigenvalue weighted by molar-refractivity contribution is 14.0. The van der Waals surface area contributed by atoms with Crippen LogP contribution in [0.25, 0.3) is 0 Å². The molecular weight excluding hydrogens is 458 g/mol. The Labute approximate surface area is 167 Å². The predicted molar refractivity (Wildman–Crippen MR) is 107 cm³/mol. The highest BCUT2D eigenvalue weighted by Crippen LogP contribution is 2.15. The molecule has 0 atom stereocenters. The smallest absolute Gasteiger partial charge is 0.387 e. The van der Waals surface area contributed by atoms with Crippen molar-refractivity contribution in [3.8, 4) is 5.75 Å². The molecule has 8 heteroatoms. The first kappa shape index (κ1) is 22.1. The lowest BCUT2D eigenvalue weighted by Crippen LogP contribution is -2.36. The van der Waals surface area contributed by atoms with Crippen molar-refractivity contribution in [1.82, 2.24) is 10.6 Å². The molecule has 2 N–H and O–H groups in total. The van der Waals surface area contributed by atoms with E-state index in [0.717, 1.165) is 11.1 Å².